The highest BCUT2D eigenvalue weighted by Crippen LogP contribution is 2.39. The van der Waals surface area contributed by atoms with Gasteiger partial charge in [0.2, 0.25) is 5.91 Å². The molecule has 3 aromatic heterocycles. The molecule has 0 saturated heterocycles. The van der Waals surface area contributed by atoms with Gasteiger partial charge in [-0.2, -0.15) is 0 Å². The Hall–Kier alpha value is -3.12. The van der Waals surface area contributed by atoms with Crippen LogP contribution in [0.1, 0.15) is 63.9 Å². The van der Waals surface area contributed by atoms with Gasteiger partial charge >= 0.3 is 5.97 Å². The fourth-order valence-corrected chi connectivity index (χ4v) is 5.87. The summed E-state index contributed by atoms with van der Waals surface area (Å²) in [6.45, 7) is 3.98. The van der Waals surface area contributed by atoms with E-state index in [-0.39, 0.29) is 30.7 Å². The minimum Gasteiger partial charge on any atom is -0.462 e. The lowest BCUT2D eigenvalue weighted by atomic mass is 9.95. The van der Waals surface area contributed by atoms with Crippen molar-refractivity contribution in [2.45, 2.75) is 56.5 Å². The summed E-state index contributed by atoms with van der Waals surface area (Å²) in [7, 11) is 1.77. The Morgan fingerprint density at radius 2 is 2.09 bits per heavy atom. The number of furan rings is 1. The van der Waals surface area contributed by atoms with Gasteiger partial charge in [-0.25, -0.2) is 4.79 Å². The van der Waals surface area contributed by atoms with Gasteiger partial charge in [0.25, 0.3) is 5.91 Å². The van der Waals surface area contributed by atoms with Gasteiger partial charge < -0.3 is 24.4 Å². The Morgan fingerprint density at radius 3 is 2.83 bits per heavy atom. The molecule has 3 heterocycles. The smallest absolute Gasteiger partial charge is 0.341 e. The SMILES string of the molecule is CCOC(=O)c1c(NC(=O)[C@H](C)Sc2nnc(CNC(=O)c3ccco3)n2C)sc2c1CCCC2. The van der Waals surface area contributed by atoms with Gasteiger partial charge in [0, 0.05) is 11.9 Å². The van der Waals surface area contributed by atoms with Gasteiger partial charge in [-0.05, 0) is 57.2 Å². The van der Waals surface area contributed by atoms with Crippen LogP contribution in [0.25, 0.3) is 0 Å². The van der Waals surface area contributed by atoms with Crippen molar-refractivity contribution in [3.8, 4) is 0 Å². The number of nitrogens with zero attached hydrogens (tertiary/aromatic N) is 3. The van der Waals surface area contributed by atoms with Gasteiger partial charge in [0.1, 0.15) is 5.00 Å². The Kier molecular flexibility index (Phi) is 7.91. The number of fused-ring (bicyclic) bond motifs is 1. The third kappa shape index (κ3) is 5.59. The average Bonchev–Trinajstić information content (AvgIpc) is 3.57. The molecule has 1 atom stereocenters. The van der Waals surface area contributed by atoms with E-state index < -0.39 is 11.2 Å². The Morgan fingerprint density at radius 1 is 1.29 bits per heavy atom. The first-order valence-corrected chi connectivity index (χ1v) is 13.1. The van der Waals surface area contributed by atoms with E-state index in [0.29, 0.717) is 21.5 Å². The molecular formula is C23H27N5O5S2. The molecule has 0 fully saturated rings. The summed E-state index contributed by atoms with van der Waals surface area (Å²) in [6.07, 6.45) is 5.25. The average molecular weight is 518 g/mol. The van der Waals surface area contributed by atoms with Crippen molar-refractivity contribution in [3.05, 3.63) is 46.0 Å². The molecule has 0 unspecified atom stereocenters. The molecule has 0 radical (unpaired) electrons. The van der Waals surface area contributed by atoms with Crippen LogP contribution in [-0.4, -0.2) is 44.4 Å². The lowest BCUT2D eigenvalue weighted by molar-refractivity contribution is -0.115. The molecule has 0 aromatic carbocycles. The second kappa shape index (κ2) is 11.1. The summed E-state index contributed by atoms with van der Waals surface area (Å²) in [5, 5.41) is 14.5. The monoisotopic (exact) mass is 517 g/mol. The Labute approximate surface area is 210 Å². The summed E-state index contributed by atoms with van der Waals surface area (Å²) in [6, 6.07) is 3.21. The largest absolute Gasteiger partial charge is 0.462 e. The van der Waals surface area contributed by atoms with E-state index in [1.54, 1.807) is 37.6 Å². The fourth-order valence-electron chi connectivity index (χ4n) is 3.75. The number of hydrogen-bond acceptors (Lipinski definition) is 9. The van der Waals surface area contributed by atoms with E-state index in [1.807, 2.05) is 0 Å². The number of carbonyl (C=O) groups excluding carboxylic acids is 3. The lowest BCUT2D eigenvalue weighted by Gasteiger charge is -2.13. The highest BCUT2D eigenvalue weighted by Gasteiger charge is 2.28. The third-order valence-electron chi connectivity index (χ3n) is 5.62. The highest BCUT2D eigenvalue weighted by atomic mass is 32.2. The van der Waals surface area contributed by atoms with Gasteiger partial charge in [-0.15, -0.1) is 21.5 Å². The molecular weight excluding hydrogens is 490 g/mol. The molecule has 2 N–H and O–H groups in total. The van der Waals surface area contributed by atoms with Crippen molar-refractivity contribution >= 4 is 45.9 Å². The summed E-state index contributed by atoms with van der Waals surface area (Å²) in [4.78, 5) is 38.9. The number of aromatic nitrogens is 3. The van der Waals surface area contributed by atoms with E-state index in [4.69, 9.17) is 9.15 Å². The van der Waals surface area contributed by atoms with Crippen molar-refractivity contribution in [3.63, 3.8) is 0 Å². The van der Waals surface area contributed by atoms with E-state index in [2.05, 4.69) is 20.8 Å². The number of thioether (sulfide) groups is 1. The number of esters is 1. The second-order valence-corrected chi connectivity index (χ2v) is 10.4. The van der Waals surface area contributed by atoms with Gasteiger partial charge in [-0.3, -0.25) is 9.59 Å². The molecule has 0 saturated carbocycles. The topological polar surface area (TPSA) is 128 Å². The quantitative estimate of drug-likeness (QED) is 0.326. The van der Waals surface area contributed by atoms with E-state index in [1.165, 1.54) is 29.4 Å². The van der Waals surface area contributed by atoms with Crippen LogP contribution in [0.15, 0.2) is 28.0 Å². The number of carbonyl (C=O) groups is 3. The third-order valence-corrected chi connectivity index (χ3v) is 7.96. The zero-order valence-corrected chi connectivity index (χ0v) is 21.4. The molecule has 3 aromatic rings. The number of amides is 2. The summed E-state index contributed by atoms with van der Waals surface area (Å²) in [5.74, 6) is -0.233. The van der Waals surface area contributed by atoms with Gasteiger partial charge in [0.05, 0.1) is 30.2 Å². The normalized spacial score (nSPS) is 13.7. The number of thiophene rings is 1. The first-order valence-electron chi connectivity index (χ1n) is 11.4. The molecule has 35 heavy (non-hydrogen) atoms. The number of rotatable bonds is 9. The van der Waals surface area contributed by atoms with Crippen molar-refractivity contribution < 1.29 is 23.5 Å². The van der Waals surface area contributed by atoms with Crippen molar-refractivity contribution in [2.24, 2.45) is 7.05 Å². The number of aryl methyl sites for hydroxylation is 1. The summed E-state index contributed by atoms with van der Waals surface area (Å²) < 4.78 is 12.1. The van der Waals surface area contributed by atoms with Crippen LogP contribution in [0.3, 0.4) is 0 Å². The first-order chi connectivity index (χ1) is 16.9. The van der Waals surface area contributed by atoms with Crippen LogP contribution < -0.4 is 10.6 Å². The number of hydrogen-bond donors (Lipinski definition) is 2. The van der Waals surface area contributed by atoms with Gasteiger partial charge in [0.15, 0.2) is 16.7 Å². The number of anilines is 1. The maximum absolute atomic E-state index is 13.0. The standard InChI is InChI=1S/C23H27N5O5S2/c1-4-32-22(31)18-14-8-5-6-10-16(14)35-21(18)25-19(29)13(2)34-23-27-26-17(28(23)3)12-24-20(30)15-9-7-11-33-15/h7,9,11,13H,4-6,8,10,12H2,1-3H3,(H,24,30)(H,25,29)/t13-/m0/s1. The second-order valence-electron chi connectivity index (χ2n) is 8.00. The maximum atomic E-state index is 13.0. The molecule has 186 valence electrons. The zero-order valence-electron chi connectivity index (χ0n) is 19.8. The zero-order chi connectivity index (χ0) is 24.9. The van der Waals surface area contributed by atoms with E-state index in [9.17, 15) is 14.4 Å². The molecule has 1 aliphatic carbocycles. The predicted octanol–water partition coefficient (Wildman–Crippen LogP) is 3.57. The van der Waals surface area contributed by atoms with Crippen LogP contribution in [0, 0.1) is 0 Å². The number of nitrogens with one attached hydrogen (secondary N) is 2. The van der Waals surface area contributed by atoms with Crippen molar-refractivity contribution in [1.29, 1.82) is 0 Å². The first kappa shape index (κ1) is 25.0. The summed E-state index contributed by atoms with van der Waals surface area (Å²) in [5.41, 5.74) is 1.50. The molecule has 0 aliphatic heterocycles. The molecule has 4 rings (SSSR count). The molecule has 0 bridgehead atoms. The Balaban J connectivity index is 1.41. The maximum Gasteiger partial charge on any atom is 0.341 e. The van der Waals surface area contributed by atoms with Crippen LogP contribution >= 0.6 is 23.1 Å². The van der Waals surface area contributed by atoms with E-state index >= 15 is 0 Å². The molecule has 1 aliphatic rings. The number of ether oxygens (including phenoxy) is 1. The van der Waals surface area contributed by atoms with E-state index in [0.717, 1.165) is 36.1 Å². The predicted molar refractivity (Wildman–Crippen MR) is 132 cm³/mol. The molecule has 0 spiro atoms. The fraction of sp³-hybridized carbons (Fsp3) is 0.435. The van der Waals surface area contributed by atoms with Crippen LogP contribution in [0.5, 0.6) is 0 Å². The van der Waals surface area contributed by atoms with Crippen LogP contribution in [0.4, 0.5) is 5.00 Å². The van der Waals surface area contributed by atoms with Crippen molar-refractivity contribution in [2.75, 3.05) is 11.9 Å². The minimum atomic E-state index is -0.502. The highest BCUT2D eigenvalue weighted by molar-refractivity contribution is 8.00. The molecule has 2 amide bonds. The summed E-state index contributed by atoms with van der Waals surface area (Å²) >= 11 is 2.70. The van der Waals surface area contributed by atoms with Crippen LogP contribution in [0.2, 0.25) is 0 Å². The Bertz CT molecular complexity index is 1220. The molecule has 12 heteroatoms. The van der Waals surface area contributed by atoms with Crippen LogP contribution in [-0.2, 0) is 36.0 Å². The minimum absolute atomic E-state index is 0.161. The van der Waals surface area contributed by atoms with Gasteiger partial charge in [-0.1, -0.05) is 11.8 Å². The molecule has 10 nitrogen and oxygen atoms in total. The lowest BCUT2D eigenvalue weighted by Crippen LogP contribution is -2.24. The van der Waals surface area contributed by atoms with Crippen molar-refractivity contribution in [1.82, 2.24) is 20.1 Å².